The van der Waals surface area contributed by atoms with Crippen LogP contribution < -0.4 is 10.6 Å². The van der Waals surface area contributed by atoms with Gasteiger partial charge in [0, 0.05) is 37.6 Å². The van der Waals surface area contributed by atoms with E-state index in [0.29, 0.717) is 0 Å². The second-order valence-electron chi connectivity index (χ2n) is 5.38. The summed E-state index contributed by atoms with van der Waals surface area (Å²) in [5.41, 5.74) is 11.0. The molecular formula is C17H20N4. The average molecular weight is 280 g/mol. The molecule has 1 aromatic heterocycles. The first-order valence-corrected chi connectivity index (χ1v) is 7.14. The SMILES string of the molecule is CCc1nc2cc(N)ccc2n1-c1cccc(N(C)C)c1. The van der Waals surface area contributed by atoms with Crippen molar-refractivity contribution in [2.75, 3.05) is 24.7 Å². The molecule has 2 N–H and O–H groups in total. The second kappa shape index (κ2) is 5.13. The molecule has 0 amide bonds. The van der Waals surface area contributed by atoms with E-state index in [9.17, 15) is 0 Å². The van der Waals surface area contributed by atoms with E-state index in [1.807, 2.05) is 32.3 Å². The molecule has 0 bridgehead atoms. The van der Waals surface area contributed by atoms with E-state index < -0.39 is 0 Å². The zero-order valence-electron chi connectivity index (χ0n) is 12.7. The van der Waals surface area contributed by atoms with Gasteiger partial charge in [0.25, 0.3) is 0 Å². The molecule has 0 aliphatic carbocycles. The summed E-state index contributed by atoms with van der Waals surface area (Å²) in [6.45, 7) is 2.12. The number of imidazole rings is 1. The monoisotopic (exact) mass is 280 g/mol. The Morgan fingerprint density at radius 2 is 1.95 bits per heavy atom. The lowest BCUT2D eigenvalue weighted by Gasteiger charge is -2.15. The molecule has 3 rings (SSSR count). The highest BCUT2D eigenvalue weighted by Crippen LogP contribution is 2.25. The van der Waals surface area contributed by atoms with Crippen LogP contribution >= 0.6 is 0 Å². The van der Waals surface area contributed by atoms with Crippen molar-refractivity contribution in [1.29, 1.82) is 0 Å². The number of aryl methyl sites for hydroxylation is 1. The van der Waals surface area contributed by atoms with Gasteiger partial charge < -0.3 is 10.6 Å². The van der Waals surface area contributed by atoms with Gasteiger partial charge in [0.1, 0.15) is 5.82 Å². The van der Waals surface area contributed by atoms with Crippen LogP contribution in [-0.4, -0.2) is 23.6 Å². The average Bonchev–Trinajstić information content (AvgIpc) is 2.84. The molecular weight excluding hydrogens is 260 g/mol. The van der Waals surface area contributed by atoms with Gasteiger partial charge in [-0.25, -0.2) is 4.98 Å². The van der Waals surface area contributed by atoms with Crippen LogP contribution in [0.4, 0.5) is 11.4 Å². The lowest BCUT2D eigenvalue weighted by atomic mass is 10.2. The molecule has 2 aromatic carbocycles. The number of nitrogen functional groups attached to an aromatic ring is 1. The van der Waals surface area contributed by atoms with Crippen LogP contribution in [0.3, 0.4) is 0 Å². The number of hydrogen-bond acceptors (Lipinski definition) is 3. The molecule has 0 fully saturated rings. The Hall–Kier alpha value is -2.49. The molecule has 4 heteroatoms. The molecule has 0 saturated heterocycles. The second-order valence-corrected chi connectivity index (χ2v) is 5.38. The zero-order valence-corrected chi connectivity index (χ0v) is 12.7. The van der Waals surface area contributed by atoms with Crippen molar-refractivity contribution >= 4 is 22.4 Å². The van der Waals surface area contributed by atoms with E-state index in [4.69, 9.17) is 10.7 Å². The van der Waals surface area contributed by atoms with Gasteiger partial charge in [0.15, 0.2) is 0 Å². The minimum atomic E-state index is 0.747. The van der Waals surface area contributed by atoms with Crippen molar-refractivity contribution in [3.63, 3.8) is 0 Å². The van der Waals surface area contributed by atoms with Crippen LogP contribution in [0.5, 0.6) is 0 Å². The first-order valence-electron chi connectivity index (χ1n) is 7.14. The maximum Gasteiger partial charge on any atom is 0.114 e. The summed E-state index contributed by atoms with van der Waals surface area (Å²) < 4.78 is 2.21. The molecule has 0 unspecified atom stereocenters. The number of aromatic nitrogens is 2. The van der Waals surface area contributed by atoms with E-state index in [0.717, 1.165) is 34.7 Å². The molecule has 0 saturated carbocycles. The highest BCUT2D eigenvalue weighted by Gasteiger charge is 2.12. The molecule has 0 aliphatic heterocycles. The summed E-state index contributed by atoms with van der Waals surface area (Å²) in [5.74, 6) is 1.05. The number of anilines is 2. The van der Waals surface area contributed by atoms with Crippen molar-refractivity contribution in [2.45, 2.75) is 13.3 Å². The Morgan fingerprint density at radius 1 is 1.14 bits per heavy atom. The largest absolute Gasteiger partial charge is 0.399 e. The van der Waals surface area contributed by atoms with Gasteiger partial charge in [-0.1, -0.05) is 13.0 Å². The summed E-state index contributed by atoms with van der Waals surface area (Å²) in [7, 11) is 4.10. The molecule has 0 radical (unpaired) electrons. The molecule has 4 nitrogen and oxygen atoms in total. The van der Waals surface area contributed by atoms with Crippen molar-refractivity contribution in [3.05, 3.63) is 48.3 Å². The van der Waals surface area contributed by atoms with E-state index in [1.54, 1.807) is 0 Å². The van der Waals surface area contributed by atoms with Gasteiger partial charge in [-0.15, -0.1) is 0 Å². The number of benzene rings is 2. The van der Waals surface area contributed by atoms with Crippen LogP contribution in [0.15, 0.2) is 42.5 Å². The van der Waals surface area contributed by atoms with E-state index >= 15 is 0 Å². The fraction of sp³-hybridized carbons (Fsp3) is 0.235. The Labute approximate surface area is 124 Å². The van der Waals surface area contributed by atoms with Gasteiger partial charge in [0.2, 0.25) is 0 Å². The summed E-state index contributed by atoms with van der Waals surface area (Å²) in [4.78, 5) is 6.82. The normalized spacial score (nSPS) is 11.0. The molecule has 0 aliphatic rings. The molecule has 21 heavy (non-hydrogen) atoms. The summed E-state index contributed by atoms with van der Waals surface area (Å²) in [6.07, 6.45) is 0.876. The van der Waals surface area contributed by atoms with E-state index in [-0.39, 0.29) is 0 Å². The van der Waals surface area contributed by atoms with Crippen LogP contribution in [-0.2, 0) is 6.42 Å². The zero-order chi connectivity index (χ0) is 15.0. The highest BCUT2D eigenvalue weighted by atomic mass is 15.1. The molecule has 3 aromatic rings. The third-order valence-electron chi connectivity index (χ3n) is 3.67. The summed E-state index contributed by atoms with van der Waals surface area (Å²) >= 11 is 0. The Kier molecular flexibility index (Phi) is 3.29. The van der Waals surface area contributed by atoms with Crippen molar-refractivity contribution in [1.82, 2.24) is 9.55 Å². The van der Waals surface area contributed by atoms with Crippen LogP contribution in [0.1, 0.15) is 12.7 Å². The van der Waals surface area contributed by atoms with Gasteiger partial charge in [-0.3, -0.25) is 4.57 Å². The smallest absolute Gasteiger partial charge is 0.114 e. The fourth-order valence-corrected chi connectivity index (χ4v) is 2.58. The van der Waals surface area contributed by atoms with Crippen LogP contribution in [0.2, 0.25) is 0 Å². The van der Waals surface area contributed by atoms with Gasteiger partial charge in [-0.2, -0.15) is 0 Å². The number of nitrogens with two attached hydrogens (primary N) is 1. The molecule has 108 valence electrons. The van der Waals surface area contributed by atoms with Gasteiger partial charge in [-0.05, 0) is 36.4 Å². The van der Waals surface area contributed by atoms with Crippen molar-refractivity contribution in [3.8, 4) is 5.69 Å². The molecule has 1 heterocycles. The maximum atomic E-state index is 5.87. The predicted octanol–water partition coefficient (Wildman–Crippen LogP) is 3.24. The Balaban J connectivity index is 2.25. The predicted molar refractivity (Wildman–Crippen MR) is 89.2 cm³/mol. The third-order valence-corrected chi connectivity index (χ3v) is 3.67. The standard InChI is InChI=1S/C17H20N4/c1-4-17-19-15-10-12(18)8-9-16(15)21(17)14-7-5-6-13(11-14)20(2)3/h5-11H,4,18H2,1-3H3. The number of hydrogen-bond donors (Lipinski definition) is 1. The first kappa shape index (κ1) is 13.5. The Bertz CT molecular complexity index is 787. The van der Waals surface area contributed by atoms with Crippen molar-refractivity contribution < 1.29 is 0 Å². The minimum Gasteiger partial charge on any atom is -0.399 e. The number of nitrogens with zero attached hydrogens (tertiary/aromatic N) is 3. The lowest BCUT2D eigenvalue weighted by molar-refractivity contribution is 0.907. The first-order chi connectivity index (χ1) is 10.1. The maximum absolute atomic E-state index is 5.87. The van der Waals surface area contributed by atoms with Crippen LogP contribution in [0, 0.1) is 0 Å². The summed E-state index contributed by atoms with van der Waals surface area (Å²) in [5, 5.41) is 0. The van der Waals surface area contributed by atoms with Crippen LogP contribution in [0.25, 0.3) is 16.7 Å². The lowest BCUT2D eigenvalue weighted by Crippen LogP contribution is -2.09. The summed E-state index contributed by atoms with van der Waals surface area (Å²) in [6, 6.07) is 14.4. The van der Waals surface area contributed by atoms with Gasteiger partial charge in [0.05, 0.1) is 11.0 Å². The minimum absolute atomic E-state index is 0.747. The van der Waals surface area contributed by atoms with E-state index in [1.165, 1.54) is 5.69 Å². The molecule has 0 atom stereocenters. The number of fused-ring (bicyclic) bond motifs is 1. The topological polar surface area (TPSA) is 47.1 Å². The number of rotatable bonds is 3. The van der Waals surface area contributed by atoms with E-state index in [2.05, 4.69) is 40.7 Å². The Morgan fingerprint density at radius 3 is 2.67 bits per heavy atom. The highest BCUT2D eigenvalue weighted by molar-refractivity contribution is 5.81. The van der Waals surface area contributed by atoms with Crippen molar-refractivity contribution in [2.24, 2.45) is 0 Å². The third kappa shape index (κ3) is 2.33. The quantitative estimate of drug-likeness (QED) is 0.749. The fourth-order valence-electron chi connectivity index (χ4n) is 2.58. The van der Waals surface area contributed by atoms with Gasteiger partial charge >= 0.3 is 0 Å². The molecule has 0 spiro atoms.